The first-order valence-electron chi connectivity index (χ1n) is 5.19. The third kappa shape index (κ3) is 4.27. The molecule has 1 atom stereocenters. The van der Waals surface area contributed by atoms with Gasteiger partial charge in [-0.15, -0.1) is 0 Å². The van der Waals surface area contributed by atoms with Crippen LogP contribution in [0.5, 0.6) is 0 Å². The second-order valence-corrected chi connectivity index (χ2v) is 4.92. The molecular formula is C11H14F2NO3P. The van der Waals surface area contributed by atoms with Gasteiger partial charge in [0.1, 0.15) is 6.61 Å². The van der Waals surface area contributed by atoms with Crippen molar-refractivity contribution in [3.8, 4) is 0 Å². The van der Waals surface area contributed by atoms with E-state index < -0.39 is 17.2 Å². The van der Waals surface area contributed by atoms with Crippen molar-refractivity contribution in [3.63, 3.8) is 0 Å². The molecule has 1 aromatic carbocycles. The summed E-state index contributed by atoms with van der Waals surface area (Å²) in [5.74, 6) is 0. The number of halogens is 2. The highest BCUT2D eigenvalue weighted by atomic mass is 31.0. The van der Waals surface area contributed by atoms with Crippen LogP contribution in [0.15, 0.2) is 12.1 Å². The largest absolute Gasteiger partial charge is 0.370 e. The Bertz CT molecular complexity index is 460. The molecule has 1 rings (SSSR count). The molecule has 0 spiro atoms. The fraction of sp³-hybridized carbons (Fsp3) is 0.455. The van der Waals surface area contributed by atoms with E-state index in [0.717, 1.165) is 11.1 Å². The molecule has 0 saturated carbocycles. The summed E-state index contributed by atoms with van der Waals surface area (Å²) in [6, 6.07) is 3.02. The molecule has 0 heterocycles. The Balaban J connectivity index is 2.87. The summed E-state index contributed by atoms with van der Waals surface area (Å²) in [7, 11) is 1.36. The van der Waals surface area contributed by atoms with Crippen LogP contribution < -0.4 is 0 Å². The van der Waals surface area contributed by atoms with Gasteiger partial charge in [0.15, 0.2) is 0 Å². The highest BCUT2D eigenvalue weighted by molar-refractivity contribution is 7.18. The summed E-state index contributed by atoms with van der Waals surface area (Å²) in [6.45, 7) is 2.56. The van der Waals surface area contributed by atoms with Crippen LogP contribution in [0, 0.1) is 24.0 Å². The molecule has 0 saturated heterocycles. The Labute approximate surface area is 106 Å². The molecule has 0 radical (unpaired) electrons. The van der Waals surface area contributed by atoms with E-state index in [9.17, 15) is 18.9 Å². The summed E-state index contributed by atoms with van der Waals surface area (Å²) < 4.78 is 29.9. The van der Waals surface area contributed by atoms with Gasteiger partial charge >= 0.3 is 0 Å². The van der Waals surface area contributed by atoms with Gasteiger partial charge in [0.2, 0.25) is 0 Å². The van der Waals surface area contributed by atoms with Gasteiger partial charge in [0, 0.05) is 6.07 Å². The molecular weight excluding hydrogens is 263 g/mol. The van der Waals surface area contributed by atoms with Gasteiger partial charge in [-0.3, -0.25) is 10.1 Å². The van der Waals surface area contributed by atoms with Crippen molar-refractivity contribution in [3.05, 3.63) is 38.9 Å². The van der Waals surface area contributed by atoms with Crippen molar-refractivity contribution in [2.45, 2.75) is 26.1 Å². The van der Waals surface area contributed by atoms with Crippen LogP contribution in [0.1, 0.15) is 16.7 Å². The Kier molecular flexibility index (Phi) is 4.71. The SMILES string of the molecule is Cc1cc(COCC(F)(F)P)c([N+](=O)[O-])cc1C. The highest BCUT2D eigenvalue weighted by Gasteiger charge is 2.22. The number of nitro benzene ring substituents is 1. The maximum absolute atomic E-state index is 12.5. The van der Waals surface area contributed by atoms with E-state index in [0.29, 0.717) is 5.56 Å². The second kappa shape index (κ2) is 5.67. The van der Waals surface area contributed by atoms with Crippen LogP contribution in [-0.2, 0) is 11.3 Å². The number of alkyl halides is 2. The Morgan fingerprint density at radius 1 is 1.39 bits per heavy atom. The summed E-state index contributed by atoms with van der Waals surface area (Å²) >= 11 is 0. The van der Waals surface area contributed by atoms with Crippen LogP contribution in [0.3, 0.4) is 0 Å². The van der Waals surface area contributed by atoms with Crippen LogP contribution in [-0.4, -0.2) is 17.2 Å². The Morgan fingerprint density at radius 2 is 1.94 bits per heavy atom. The van der Waals surface area contributed by atoms with E-state index in [2.05, 4.69) is 0 Å². The van der Waals surface area contributed by atoms with Gasteiger partial charge in [-0.25, -0.2) is 0 Å². The first-order chi connectivity index (χ1) is 8.20. The lowest BCUT2D eigenvalue weighted by Crippen LogP contribution is -2.15. The van der Waals surface area contributed by atoms with Gasteiger partial charge in [-0.05, 0) is 31.0 Å². The van der Waals surface area contributed by atoms with E-state index in [1.165, 1.54) is 15.3 Å². The van der Waals surface area contributed by atoms with E-state index in [1.54, 1.807) is 19.9 Å². The van der Waals surface area contributed by atoms with Gasteiger partial charge in [0.25, 0.3) is 11.4 Å². The normalized spacial score (nSPS) is 11.6. The van der Waals surface area contributed by atoms with Crippen LogP contribution in [0.25, 0.3) is 0 Å². The topological polar surface area (TPSA) is 52.4 Å². The highest BCUT2D eigenvalue weighted by Crippen LogP contribution is 2.26. The lowest BCUT2D eigenvalue weighted by Gasteiger charge is -2.11. The van der Waals surface area contributed by atoms with Gasteiger partial charge in [-0.1, -0.05) is 9.24 Å². The second-order valence-electron chi connectivity index (χ2n) is 4.08. The predicted octanol–water partition coefficient (Wildman–Crippen LogP) is 3.20. The number of rotatable bonds is 5. The van der Waals surface area contributed by atoms with Crippen molar-refractivity contribution in [1.82, 2.24) is 0 Å². The van der Waals surface area contributed by atoms with Crippen molar-refractivity contribution in [2.24, 2.45) is 0 Å². The van der Waals surface area contributed by atoms with Crippen molar-refractivity contribution in [1.29, 1.82) is 0 Å². The predicted molar refractivity (Wildman–Crippen MR) is 66.9 cm³/mol. The van der Waals surface area contributed by atoms with E-state index in [1.807, 2.05) is 0 Å². The first kappa shape index (κ1) is 14.9. The minimum absolute atomic E-state index is 0.106. The van der Waals surface area contributed by atoms with Crippen molar-refractivity contribution >= 4 is 14.9 Å². The average Bonchev–Trinajstić information content (AvgIpc) is 2.20. The van der Waals surface area contributed by atoms with Gasteiger partial charge < -0.3 is 4.74 Å². The third-order valence-electron chi connectivity index (χ3n) is 2.44. The number of nitrogens with zero attached hydrogens (tertiary/aromatic N) is 1. The first-order valence-corrected chi connectivity index (χ1v) is 5.77. The van der Waals surface area contributed by atoms with Crippen molar-refractivity contribution < 1.29 is 18.4 Å². The summed E-state index contributed by atoms with van der Waals surface area (Å²) in [6.07, 6.45) is 0. The third-order valence-corrected chi connectivity index (χ3v) is 2.61. The van der Waals surface area contributed by atoms with Gasteiger partial charge in [0.05, 0.1) is 17.1 Å². The molecule has 1 unspecified atom stereocenters. The maximum Gasteiger partial charge on any atom is 0.281 e. The molecule has 0 bridgehead atoms. The average molecular weight is 277 g/mol. The maximum atomic E-state index is 12.5. The fourth-order valence-corrected chi connectivity index (χ4v) is 1.56. The van der Waals surface area contributed by atoms with E-state index in [4.69, 9.17) is 4.74 Å². The minimum atomic E-state index is -3.02. The monoisotopic (exact) mass is 277 g/mol. The lowest BCUT2D eigenvalue weighted by molar-refractivity contribution is -0.386. The minimum Gasteiger partial charge on any atom is -0.370 e. The molecule has 0 aliphatic rings. The Morgan fingerprint density at radius 3 is 2.44 bits per heavy atom. The van der Waals surface area contributed by atoms with Crippen LogP contribution in [0.2, 0.25) is 0 Å². The molecule has 1 aromatic rings. The standard InChI is InChI=1S/C11H14F2NO3P/c1-7-3-9(5-17-6-11(12,13)18)10(14(15)16)4-8(7)2/h3-4H,5-6,18H2,1-2H3. The van der Waals surface area contributed by atoms with E-state index >= 15 is 0 Å². The number of aryl methyl sites for hydroxylation is 2. The zero-order chi connectivity index (χ0) is 13.9. The quantitative estimate of drug-likeness (QED) is 0.472. The number of ether oxygens (including phenoxy) is 1. The summed E-state index contributed by atoms with van der Waals surface area (Å²) in [5, 5.41) is 10.8. The summed E-state index contributed by atoms with van der Waals surface area (Å²) in [5.41, 5.74) is -1.18. The number of nitro groups is 1. The molecule has 0 aliphatic carbocycles. The molecule has 100 valence electrons. The molecule has 0 N–H and O–H groups in total. The smallest absolute Gasteiger partial charge is 0.281 e. The van der Waals surface area contributed by atoms with Crippen LogP contribution in [0.4, 0.5) is 14.5 Å². The summed E-state index contributed by atoms with van der Waals surface area (Å²) in [4.78, 5) is 10.3. The number of benzene rings is 1. The molecule has 7 heteroatoms. The molecule has 4 nitrogen and oxygen atoms in total. The number of hydrogen-bond donors (Lipinski definition) is 0. The molecule has 0 aliphatic heterocycles. The molecule has 0 amide bonds. The van der Waals surface area contributed by atoms with Crippen LogP contribution >= 0.6 is 9.24 Å². The lowest BCUT2D eigenvalue weighted by atomic mass is 10.0. The zero-order valence-electron chi connectivity index (χ0n) is 10.1. The Hall–Kier alpha value is -1.13. The molecule has 0 aromatic heterocycles. The van der Waals surface area contributed by atoms with Crippen molar-refractivity contribution in [2.75, 3.05) is 6.61 Å². The van der Waals surface area contributed by atoms with Gasteiger partial charge in [-0.2, -0.15) is 8.78 Å². The molecule has 0 fully saturated rings. The zero-order valence-corrected chi connectivity index (χ0v) is 11.2. The van der Waals surface area contributed by atoms with E-state index in [-0.39, 0.29) is 12.3 Å². The number of hydrogen-bond acceptors (Lipinski definition) is 3. The fourth-order valence-electron chi connectivity index (χ4n) is 1.44. The molecule has 18 heavy (non-hydrogen) atoms.